The van der Waals surface area contributed by atoms with Crippen LogP contribution in [0.15, 0.2) is 69.9 Å². The van der Waals surface area contributed by atoms with Crippen molar-refractivity contribution in [1.82, 2.24) is 15.1 Å². The third-order valence-corrected chi connectivity index (χ3v) is 6.55. The zero-order valence-electron chi connectivity index (χ0n) is 18.2. The first-order chi connectivity index (χ1) is 16.6. The fraction of sp³-hybridized carbons (Fsp3) is 0.200. The number of nitrogens with zero attached hydrogens (tertiary/aromatic N) is 2. The second-order valence-corrected chi connectivity index (χ2v) is 8.92. The number of para-hydroxylation sites is 1. The zero-order chi connectivity index (χ0) is 23.5. The van der Waals surface area contributed by atoms with E-state index in [1.165, 1.54) is 10.7 Å². The van der Waals surface area contributed by atoms with E-state index in [9.17, 15) is 14.4 Å². The summed E-state index contributed by atoms with van der Waals surface area (Å²) < 4.78 is 7.18. The molecule has 0 atom stereocenters. The molecule has 4 aromatic rings. The van der Waals surface area contributed by atoms with Crippen molar-refractivity contribution in [3.8, 4) is 0 Å². The smallest absolute Gasteiger partial charge is 0.292 e. The van der Waals surface area contributed by atoms with Gasteiger partial charge < -0.3 is 15.1 Å². The number of carbonyl (C=O) groups excluding carboxylic acids is 2. The van der Waals surface area contributed by atoms with Crippen LogP contribution in [0.5, 0.6) is 0 Å². The highest BCUT2D eigenvalue weighted by Gasteiger charge is 2.26. The standard InChI is InChI=1S/C25H22N4O4S/c30-20-12-22(33-21-9-5-4-8-17(20)21)25(32)27-24-18-14-34-15-19(18)28-29(24)13-23(31)26-11-10-16-6-2-1-3-7-16/h1-9,12H,10-11,13-15H2,(H,26,31)(H,27,32). The molecule has 0 saturated heterocycles. The van der Waals surface area contributed by atoms with Crippen LogP contribution in [0.3, 0.4) is 0 Å². The second-order valence-electron chi connectivity index (χ2n) is 7.94. The lowest BCUT2D eigenvalue weighted by Gasteiger charge is -2.11. The van der Waals surface area contributed by atoms with Crippen molar-refractivity contribution in [1.29, 1.82) is 0 Å². The number of hydrogen-bond acceptors (Lipinski definition) is 6. The van der Waals surface area contributed by atoms with Crippen molar-refractivity contribution < 1.29 is 14.0 Å². The molecule has 0 aliphatic carbocycles. The largest absolute Gasteiger partial charge is 0.451 e. The van der Waals surface area contributed by atoms with Crippen LogP contribution in [-0.2, 0) is 29.3 Å². The molecule has 0 bridgehead atoms. The summed E-state index contributed by atoms with van der Waals surface area (Å²) in [7, 11) is 0. The number of amides is 2. The van der Waals surface area contributed by atoms with Crippen molar-refractivity contribution in [2.45, 2.75) is 24.5 Å². The van der Waals surface area contributed by atoms with Crippen molar-refractivity contribution in [2.75, 3.05) is 11.9 Å². The molecule has 0 saturated carbocycles. The summed E-state index contributed by atoms with van der Waals surface area (Å²) in [4.78, 5) is 38.0. The maximum Gasteiger partial charge on any atom is 0.292 e. The predicted octanol–water partition coefficient (Wildman–Crippen LogP) is 3.35. The van der Waals surface area contributed by atoms with Crippen LogP contribution in [0.25, 0.3) is 11.0 Å². The van der Waals surface area contributed by atoms with E-state index in [0.29, 0.717) is 34.8 Å². The molecule has 0 fully saturated rings. The Morgan fingerprint density at radius 1 is 1.06 bits per heavy atom. The molecule has 34 heavy (non-hydrogen) atoms. The summed E-state index contributed by atoms with van der Waals surface area (Å²) in [6.07, 6.45) is 0.726. The Morgan fingerprint density at radius 2 is 1.85 bits per heavy atom. The highest BCUT2D eigenvalue weighted by Crippen LogP contribution is 2.35. The summed E-state index contributed by atoms with van der Waals surface area (Å²) in [6.45, 7) is 0.480. The lowest BCUT2D eigenvalue weighted by molar-refractivity contribution is -0.121. The van der Waals surface area contributed by atoms with Gasteiger partial charge in [-0.05, 0) is 24.1 Å². The van der Waals surface area contributed by atoms with Crippen LogP contribution in [0.2, 0.25) is 0 Å². The SMILES string of the molecule is O=C(Cn1nc2c(c1NC(=O)c1cc(=O)c3ccccc3o1)CSC2)NCCc1ccccc1. The second kappa shape index (κ2) is 9.56. The molecule has 2 amide bonds. The maximum absolute atomic E-state index is 13.0. The van der Waals surface area contributed by atoms with Gasteiger partial charge in [0.15, 0.2) is 11.2 Å². The van der Waals surface area contributed by atoms with E-state index >= 15 is 0 Å². The fourth-order valence-corrected chi connectivity index (χ4v) is 4.92. The van der Waals surface area contributed by atoms with E-state index in [1.807, 2.05) is 30.3 Å². The first-order valence-electron chi connectivity index (χ1n) is 10.9. The number of aromatic nitrogens is 2. The Morgan fingerprint density at radius 3 is 2.71 bits per heavy atom. The third-order valence-electron chi connectivity index (χ3n) is 5.58. The molecule has 0 unspecified atom stereocenters. The van der Waals surface area contributed by atoms with Gasteiger partial charge in [-0.15, -0.1) is 0 Å². The summed E-state index contributed by atoms with van der Waals surface area (Å²) in [5.74, 6) is 1.00. The van der Waals surface area contributed by atoms with Crippen molar-refractivity contribution >= 4 is 40.4 Å². The van der Waals surface area contributed by atoms with E-state index in [0.717, 1.165) is 23.2 Å². The summed E-state index contributed by atoms with van der Waals surface area (Å²) >= 11 is 1.69. The number of rotatable bonds is 7. The summed E-state index contributed by atoms with van der Waals surface area (Å²) in [5, 5.41) is 10.7. The van der Waals surface area contributed by atoms with Crippen LogP contribution >= 0.6 is 11.8 Å². The van der Waals surface area contributed by atoms with Gasteiger partial charge in [0.25, 0.3) is 5.91 Å². The van der Waals surface area contributed by atoms with Crippen molar-refractivity contribution in [2.24, 2.45) is 0 Å². The molecule has 172 valence electrons. The van der Waals surface area contributed by atoms with Gasteiger partial charge in [-0.1, -0.05) is 42.5 Å². The van der Waals surface area contributed by atoms with E-state index < -0.39 is 5.91 Å². The number of hydrogen-bond donors (Lipinski definition) is 2. The van der Waals surface area contributed by atoms with Gasteiger partial charge in [-0.2, -0.15) is 16.9 Å². The van der Waals surface area contributed by atoms with Crippen LogP contribution in [-0.4, -0.2) is 28.1 Å². The molecular formula is C25H22N4O4S. The van der Waals surface area contributed by atoms with Gasteiger partial charge in [0.05, 0.1) is 11.1 Å². The van der Waals surface area contributed by atoms with Crippen LogP contribution in [0.1, 0.15) is 27.4 Å². The molecule has 3 heterocycles. The average molecular weight is 475 g/mol. The van der Waals surface area contributed by atoms with Gasteiger partial charge in [-0.3, -0.25) is 14.4 Å². The topological polar surface area (TPSA) is 106 Å². The molecule has 1 aliphatic rings. The minimum absolute atomic E-state index is 0.0241. The molecule has 2 aromatic heterocycles. The molecule has 2 N–H and O–H groups in total. The minimum atomic E-state index is -0.562. The Hall–Kier alpha value is -3.85. The first-order valence-corrected chi connectivity index (χ1v) is 12.0. The normalized spacial score (nSPS) is 12.5. The lowest BCUT2D eigenvalue weighted by Crippen LogP contribution is -2.30. The number of anilines is 1. The molecule has 8 nitrogen and oxygen atoms in total. The zero-order valence-corrected chi connectivity index (χ0v) is 19.1. The number of nitrogens with one attached hydrogen (secondary N) is 2. The Kier molecular flexibility index (Phi) is 6.18. The highest BCUT2D eigenvalue weighted by atomic mass is 32.2. The van der Waals surface area contributed by atoms with Gasteiger partial charge in [0, 0.05) is 29.7 Å². The number of fused-ring (bicyclic) bond motifs is 2. The predicted molar refractivity (Wildman–Crippen MR) is 131 cm³/mol. The van der Waals surface area contributed by atoms with Gasteiger partial charge >= 0.3 is 0 Å². The quantitative estimate of drug-likeness (QED) is 0.426. The van der Waals surface area contributed by atoms with Gasteiger partial charge in [-0.25, -0.2) is 4.68 Å². The number of benzene rings is 2. The fourth-order valence-electron chi connectivity index (χ4n) is 3.89. The number of thioether (sulfide) groups is 1. The Bertz CT molecular complexity index is 1430. The third kappa shape index (κ3) is 4.60. The monoisotopic (exact) mass is 474 g/mol. The van der Waals surface area contributed by atoms with E-state index in [-0.39, 0.29) is 23.6 Å². The molecule has 1 aliphatic heterocycles. The van der Waals surface area contributed by atoms with Crippen LogP contribution in [0, 0.1) is 0 Å². The average Bonchev–Trinajstić information content (AvgIpc) is 3.42. The lowest BCUT2D eigenvalue weighted by atomic mass is 10.1. The summed E-state index contributed by atoms with van der Waals surface area (Å²) in [6, 6.07) is 17.9. The Labute approximate surface area is 199 Å². The minimum Gasteiger partial charge on any atom is -0.451 e. The van der Waals surface area contributed by atoms with Crippen molar-refractivity contribution in [3.05, 3.63) is 93.5 Å². The molecule has 9 heteroatoms. The maximum atomic E-state index is 13.0. The molecule has 0 radical (unpaired) electrons. The van der Waals surface area contributed by atoms with Gasteiger partial charge in [0.2, 0.25) is 5.91 Å². The summed E-state index contributed by atoms with van der Waals surface area (Å²) in [5.41, 5.74) is 2.92. The Balaban J connectivity index is 1.32. The van der Waals surface area contributed by atoms with E-state index in [2.05, 4.69) is 15.7 Å². The highest BCUT2D eigenvalue weighted by molar-refractivity contribution is 7.98. The van der Waals surface area contributed by atoms with E-state index in [4.69, 9.17) is 4.42 Å². The first kappa shape index (κ1) is 22.0. The molecule has 2 aromatic carbocycles. The molecule has 0 spiro atoms. The van der Waals surface area contributed by atoms with Crippen molar-refractivity contribution in [3.63, 3.8) is 0 Å². The van der Waals surface area contributed by atoms with Crippen LogP contribution < -0.4 is 16.1 Å². The molecule has 5 rings (SSSR count). The number of carbonyl (C=O) groups is 2. The van der Waals surface area contributed by atoms with Gasteiger partial charge in [0.1, 0.15) is 17.9 Å². The van der Waals surface area contributed by atoms with E-state index in [1.54, 1.807) is 36.0 Å². The van der Waals surface area contributed by atoms with Crippen LogP contribution in [0.4, 0.5) is 5.82 Å². The molecular weight excluding hydrogens is 452 g/mol.